The molecule has 1 fully saturated rings. The number of nitrogens with zero attached hydrogens (tertiary/aromatic N) is 1. The molecule has 6 nitrogen and oxygen atoms in total. The number of methoxy groups -OCH3 is 1. The molecule has 122 valence electrons. The summed E-state index contributed by atoms with van der Waals surface area (Å²) in [5.41, 5.74) is 0.608. The van der Waals surface area contributed by atoms with Crippen molar-refractivity contribution in [3.05, 3.63) is 24.3 Å². The van der Waals surface area contributed by atoms with Crippen molar-refractivity contribution in [3.63, 3.8) is 0 Å². The smallest absolute Gasteiger partial charge is 0.319 e. The van der Waals surface area contributed by atoms with Crippen LogP contribution in [0.4, 0.5) is 10.5 Å². The van der Waals surface area contributed by atoms with Gasteiger partial charge in [0, 0.05) is 36.9 Å². The molecule has 2 rings (SSSR count). The second kappa shape index (κ2) is 7.47. The molecule has 1 aliphatic heterocycles. The molecular weight excluding hydrogens is 282 g/mol. The van der Waals surface area contributed by atoms with Crippen molar-refractivity contribution in [2.24, 2.45) is 0 Å². The van der Waals surface area contributed by atoms with Gasteiger partial charge in [0.1, 0.15) is 5.75 Å². The zero-order chi connectivity index (χ0) is 16.0. The molecule has 1 heterocycles. The van der Waals surface area contributed by atoms with Gasteiger partial charge in [-0.3, -0.25) is 4.90 Å². The number of amides is 2. The molecule has 0 saturated carbocycles. The Morgan fingerprint density at radius 3 is 2.77 bits per heavy atom. The summed E-state index contributed by atoms with van der Waals surface area (Å²) in [5.74, 6) is 0.714. The number of urea groups is 1. The monoisotopic (exact) mass is 307 g/mol. The molecule has 1 aromatic carbocycles. The van der Waals surface area contributed by atoms with Crippen LogP contribution in [0.1, 0.15) is 13.8 Å². The van der Waals surface area contributed by atoms with E-state index in [1.807, 2.05) is 18.2 Å². The third-order valence-electron chi connectivity index (χ3n) is 3.88. The van der Waals surface area contributed by atoms with Crippen LogP contribution in [-0.4, -0.2) is 56.4 Å². The van der Waals surface area contributed by atoms with Crippen molar-refractivity contribution in [2.75, 3.05) is 45.3 Å². The molecule has 0 radical (unpaired) electrons. The largest absolute Gasteiger partial charge is 0.497 e. The van der Waals surface area contributed by atoms with Crippen LogP contribution in [0.5, 0.6) is 5.75 Å². The lowest BCUT2D eigenvalue weighted by Gasteiger charge is -2.40. The van der Waals surface area contributed by atoms with E-state index < -0.39 is 0 Å². The molecule has 0 atom stereocenters. The zero-order valence-electron chi connectivity index (χ0n) is 13.5. The van der Waals surface area contributed by atoms with Crippen molar-refractivity contribution in [3.8, 4) is 5.75 Å². The summed E-state index contributed by atoms with van der Waals surface area (Å²) < 4.78 is 10.5. The molecular formula is C16H25N3O3. The number of anilines is 1. The quantitative estimate of drug-likeness (QED) is 0.872. The van der Waals surface area contributed by atoms with Crippen molar-refractivity contribution in [2.45, 2.75) is 19.4 Å². The molecule has 1 aromatic rings. The molecule has 2 amide bonds. The molecule has 1 aliphatic rings. The van der Waals surface area contributed by atoms with Crippen LogP contribution in [0.25, 0.3) is 0 Å². The molecule has 6 heteroatoms. The van der Waals surface area contributed by atoms with Gasteiger partial charge in [-0.2, -0.15) is 0 Å². The Balaban J connectivity index is 1.83. The highest BCUT2D eigenvalue weighted by molar-refractivity contribution is 5.89. The summed E-state index contributed by atoms with van der Waals surface area (Å²) >= 11 is 0. The van der Waals surface area contributed by atoms with E-state index in [0.29, 0.717) is 18.0 Å². The van der Waals surface area contributed by atoms with E-state index in [-0.39, 0.29) is 11.6 Å². The number of ether oxygens (including phenoxy) is 2. The van der Waals surface area contributed by atoms with Gasteiger partial charge in [-0.25, -0.2) is 4.79 Å². The van der Waals surface area contributed by atoms with Gasteiger partial charge in [-0.1, -0.05) is 6.07 Å². The molecule has 0 unspecified atom stereocenters. The Labute approximate surface area is 131 Å². The van der Waals surface area contributed by atoms with Crippen LogP contribution in [0.3, 0.4) is 0 Å². The maximum Gasteiger partial charge on any atom is 0.319 e. The number of morpholine rings is 1. The van der Waals surface area contributed by atoms with Gasteiger partial charge in [0.05, 0.1) is 20.3 Å². The minimum atomic E-state index is -0.213. The SMILES string of the molecule is COc1cccc(NC(=O)NCC(C)(C)N2CCOCC2)c1. The zero-order valence-corrected chi connectivity index (χ0v) is 13.5. The number of hydrogen-bond donors (Lipinski definition) is 2. The molecule has 0 aliphatic carbocycles. The van der Waals surface area contributed by atoms with Crippen molar-refractivity contribution in [1.82, 2.24) is 10.2 Å². The van der Waals surface area contributed by atoms with E-state index in [2.05, 4.69) is 29.4 Å². The summed E-state index contributed by atoms with van der Waals surface area (Å²) in [5, 5.41) is 5.75. The molecule has 0 aromatic heterocycles. The first-order valence-corrected chi connectivity index (χ1v) is 7.53. The normalized spacial score (nSPS) is 16.1. The van der Waals surface area contributed by atoms with Crippen LogP contribution in [0.15, 0.2) is 24.3 Å². The Morgan fingerprint density at radius 2 is 2.09 bits per heavy atom. The second-order valence-electron chi connectivity index (χ2n) is 5.95. The van der Waals surface area contributed by atoms with Gasteiger partial charge in [-0.15, -0.1) is 0 Å². The highest BCUT2D eigenvalue weighted by Gasteiger charge is 2.28. The number of carbonyl (C=O) groups is 1. The van der Waals surface area contributed by atoms with Crippen LogP contribution >= 0.6 is 0 Å². The lowest BCUT2D eigenvalue weighted by molar-refractivity contribution is -0.00863. The Morgan fingerprint density at radius 1 is 1.36 bits per heavy atom. The van der Waals surface area contributed by atoms with Gasteiger partial charge < -0.3 is 20.1 Å². The summed E-state index contributed by atoms with van der Waals surface area (Å²) in [6.07, 6.45) is 0. The van der Waals surface area contributed by atoms with Crippen molar-refractivity contribution in [1.29, 1.82) is 0 Å². The van der Waals surface area contributed by atoms with Gasteiger partial charge in [-0.05, 0) is 26.0 Å². The van der Waals surface area contributed by atoms with E-state index >= 15 is 0 Å². The van der Waals surface area contributed by atoms with Gasteiger partial charge >= 0.3 is 6.03 Å². The Kier molecular flexibility index (Phi) is 5.63. The highest BCUT2D eigenvalue weighted by atomic mass is 16.5. The fourth-order valence-electron chi connectivity index (χ4n) is 2.45. The molecule has 0 bridgehead atoms. The summed E-state index contributed by atoms with van der Waals surface area (Å²) in [4.78, 5) is 14.4. The molecule has 22 heavy (non-hydrogen) atoms. The van der Waals surface area contributed by atoms with Gasteiger partial charge in [0.15, 0.2) is 0 Å². The van der Waals surface area contributed by atoms with E-state index in [1.165, 1.54) is 0 Å². The topological polar surface area (TPSA) is 62.8 Å². The number of nitrogens with one attached hydrogen (secondary N) is 2. The standard InChI is InChI=1S/C16H25N3O3/c1-16(2,19-7-9-22-10-8-19)12-17-15(20)18-13-5-4-6-14(11-13)21-3/h4-6,11H,7-10,12H2,1-3H3,(H2,17,18,20). The first-order valence-electron chi connectivity index (χ1n) is 7.53. The highest BCUT2D eigenvalue weighted by Crippen LogP contribution is 2.17. The average molecular weight is 307 g/mol. The maximum absolute atomic E-state index is 12.0. The predicted molar refractivity (Wildman–Crippen MR) is 86.5 cm³/mol. The summed E-state index contributed by atoms with van der Waals surface area (Å²) in [6, 6.07) is 7.08. The minimum Gasteiger partial charge on any atom is -0.497 e. The van der Waals surface area contributed by atoms with Gasteiger partial charge in [0.2, 0.25) is 0 Å². The van der Waals surface area contributed by atoms with E-state index in [4.69, 9.17) is 9.47 Å². The number of benzene rings is 1. The summed E-state index contributed by atoms with van der Waals surface area (Å²) in [7, 11) is 1.60. The molecule has 2 N–H and O–H groups in total. The third-order valence-corrected chi connectivity index (χ3v) is 3.88. The Hall–Kier alpha value is -1.79. The predicted octanol–water partition coefficient (Wildman–Crippen LogP) is 1.93. The third kappa shape index (κ3) is 4.61. The second-order valence-corrected chi connectivity index (χ2v) is 5.95. The Bertz CT molecular complexity index is 499. The number of hydrogen-bond acceptors (Lipinski definition) is 4. The maximum atomic E-state index is 12.0. The van der Waals surface area contributed by atoms with Crippen LogP contribution in [0, 0.1) is 0 Å². The van der Waals surface area contributed by atoms with Crippen molar-refractivity contribution < 1.29 is 14.3 Å². The first-order chi connectivity index (χ1) is 10.5. The minimum absolute atomic E-state index is 0.102. The first kappa shape index (κ1) is 16.6. The molecule has 1 saturated heterocycles. The lowest BCUT2D eigenvalue weighted by atomic mass is 10.0. The number of carbonyl (C=O) groups excluding carboxylic acids is 1. The van der Waals surface area contributed by atoms with E-state index in [9.17, 15) is 4.79 Å². The fraction of sp³-hybridized carbons (Fsp3) is 0.562. The number of rotatable bonds is 5. The summed E-state index contributed by atoms with van der Waals surface area (Å²) in [6.45, 7) is 8.12. The van der Waals surface area contributed by atoms with Crippen LogP contribution < -0.4 is 15.4 Å². The fourth-order valence-corrected chi connectivity index (χ4v) is 2.45. The molecule has 0 spiro atoms. The van der Waals surface area contributed by atoms with Crippen LogP contribution in [-0.2, 0) is 4.74 Å². The van der Waals surface area contributed by atoms with Gasteiger partial charge in [0.25, 0.3) is 0 Å². The lowest BCUT2D eigenvalue weighted by Crippen LogP contribution is -2.55. The van der Waals surface area contributed by atoms with Crippen LogP contribution in [0.2, 0.25) is 0 Å². The average Bonchev–Trinajstić information content (AvgIpc) is 2.54. The van der Waals surface area contributed by atoms with E-state index in [0.717, 1.165) is 26.3 Å². The van der Waals surface area contributed by atoms with Crippen molar-refractivity contribution >= 4 is 11.7 Å². The van der Waals surface area contributed by atoms with E-state index in [1.54, 1.807) is 13.2 Å².